The van der Waals surface area contributed by atoms with Crippen LogP contribution in [0.1, 0.15) is 37.8 Å². The maximum Gasteiger partial charge on any atom is 0.303 e. The molecule has 0 saturated heterocycles. The number of benzene rings is 1. The van der Waals surface area contributed by atoms with E-state index in [9.17, 15) is 9.59 Å². The molecule has 0 saturated carbocycles. The van der Waals surface area contributed by atoms with Crippen molar-refractivity contribution in [2.24, 2.45) is 0 Å². The van der Waals surface area contributed by atoms with Crippen LogP contribution in [0.25, 0.3) is 0 Å². The number of aryl methyl sites for hydroxylation is 1. The molecule has 19 heavy (non-hydrogen) atoms. The molecule has 1 atom stereocenters. The highest BCUT2D eigenvalue weighted by Gasteiger charge is 2.09. The number of hydrogen-bond donors (Lipinski definition) is 2. The Bertz CT molecular complexity index is 443. The number of aliphatic carboxylic acids is 1. The number of nitrogens with one attached hydrogen (secondary N) is 1. The third kappa shape index (κ3) is 6.04. The molecule has 0 radical (unpaired) electrons. The second kappa shape index (κ2) is 7.56. The predicted octanol–water partition coefficient (Wildman–Crippen LogP) is 2.16. The molecule has 4 nitrogen and oxygen atoms in total. The molecule has 1 aromatic carbocycles. The molecule has 0 aromatic heterocycles. The van der Waals surface area contributed by atoms with Crippen LogP contribution in [0.3, 0.4) is 0 Å². The first-order valence-corrected chi connectivity index (χ1v) is 6.60. The molecule has 1 amide bonds. The number of amides is 1. The van der Waals surface area contributed by atoms with Crippen molar-refractivity contribution in [3.63, 3.8) is 0 Å². The molecule has 2 N–H and O–H groups in total. The van der Waals surface area contributed by atoms with Crippen molar-refractivity contribution < 1.29 is 14.7 Å². The Morgan fingerprint density at radius 1 is 1.32 bits per heavy atom. The van der Waals surface area contributed by atoms with Crippen LogP contribution in [0.15, 0.2) is 24.3 Å². The fourth-order valence-corrected chi connectivity index (χ4v) is 1.88. The summed E-state index contributed by atoms with van der Waals surface area (Å²) in [6.45, 7) is 3.90. The molecule has 0 spiro atoms. The van der Waals surface area contributed by atoms with Gasteiger partial charge in [0.05, 0.1) is 6.42 Å². The molecule has 1 unspecified atom stereocenters. The van der Waals surface area contributed by atoms with E-state index in [4.69, 9.17) is 5.11 Å². The minimum absolute atomic E-state index is 0.0638. The smallest absolute Gasteiger partial charge is 0.303 e. The minimum atomic E-state index is -0.836. The quantitative estimate of drug-likeness (QED) is 0.792. The Kier molecular flexibility index (Phi) is 6.06. The molecule has 0 aliphatic heterocycles. The van der Waals surface area contributed by atoms with Gasteiger partial charge < -0.3 is 10.4 Å². The lowest BCUT2D eigenvalue weighted by molar-refractivity contribution is -0.137. The van der Waals surface area contributed by atoms with Gasteiger partial charge in [0.25, 0.3) is 0 Å². The molecule has 4 heteroatoms. The monoisotopic (exact) mass is 263 g/mol. The average Bonchev–Trinajstić information content (AvgIpc) is 2.36. The Labute approximate surface area is 113 Å². The number of hydrogen-bond acceptors (Lipinski definition) is 2. The molecule has 1 aromatic rings. The zero-order valence-corrected chi connectivity index (χ0v) is 11.5. The van der Waals surface area contributed by atoms with Gasteiger partial charge in [0.2, 0.25) is 5.91 Å². The van der Waals surface area contributed by atoms with E-state index in [2.05, 4.69) is 12.2 Å². The SMILES string of the molecule is CCc1cccc(CC(=O)NC(C)CCC(=O)O)c1. The number of carboxylic acid groups (broad SMARTS) is 1. The van der Waals surface area contributed by atoms with Gasteiger partial charge in [-0.05, 0) is 30.9 Å². The van der Waals surface area contributed by atoms with Crippen molar-refractivity contribution in [1.29, 1.82) is 0 Å². The maximum absolute atomic E-state index is 11.8. The van der Waals surface area contributed by atoms with Crippen molar-refractivity contribution >= 4 is 11.9 Å². The van der Waals surface area contributed by atoms with Gasteiger partial charge in [-0.3, -0.25) is 9.59 Å². The fourth-order valence-electron chi connectivity index (χ4n) is 1.88. The van der Waals surface area contributed by atoms with E-state index in [0.717, 1.165) is 12.0 Å². The lowest BCUT2D eigenvalue weighted by Gasteiger charge is -2.13. The molecule has 0 aliphatic carbocycles. The predicted molar refractivity (Wildman–Crippen MR) is 74.0 cm³/mol. The van der Waals surface area contributed by atoms with Crippen LogP contribution in [0.5, 0.6) is 0 Å². The Morgan fingerprint density at radius 2 is 2.00 bits per heavy atom. The summed E-state index contributed by atoms with van der Waals surface area (Å²) in [5.41, 5.74) is 2.20. The number of carbonyl (C=O) groups is 2. The van der Waals surface area contributed by atoms with Crippen molar-refractivity contribution in [1.82, 2.24) is 5.32 Å². The van der Waals surface area contributed by atoms with Crippen molar-refractivity contribution in [3.05, 3.63) is 35.4 Å². The average molecular weight is 263 g/mol. The van der Waals surface area contributed by atoms with Gasteiger partial charge in [-0.1, -0.05) is 31.2 Å². The Morgan fingerprint density at radius 3 is 2.63 bits per heavy atom. The van der Waals surface area contributed by atoms with Gasteiger partial charge in [-0.25, -0.2) is 0 Å². The Hall–Kier alpha value is -1.84. The summed E-state index contributed by atoms with van der Waals surface area (Å²) < 4.78 is 0. The third-order valence-electron chi connectivity index (χ3n) is 2.96. The summed E-state index contributed by atoms with van der Waals surface area (Å²) in [4.78, 5) is 22.2. The summed E-state index contributed by atoms with van der Waals surface area (Å²) in [5.74, 6) is -0.900. The second-order valence-electron chi connectivity index (χ2n) is 4.75. The van der Waals surface area contributed by atoms with Crippen molar-refractivity contribution in [3.8, 4) is 0 Å². The van der Waals surface area contributed by atoms with E-state index in [-0.39, 0.29) is 18.4 Å². The number of carbonyl (C=O) groups excluding carboxylic acids is 1. The van der Waals surface area contributed by atoms with Crippen molar-refractivity contribution in [2.45, 2.75) is 45.6 Å². The summed E-state index contributed by atoms with van der Waals surface area (Å²) in [6, 6.07) is 7.84. The Balaban J connectivity index is 2.43. The van der Waals surface area contributed by atoms with Crippen LogP contribution in [0.2, 0.25) is 0 Å². The summed E-state index contributed by atoms with van der Waals surface area (Å²) in [5, 5.41) is 11.4. The van der Waals surface area contributed by atoms with Gasteiger partial charge >= 0.3 is 5.97 Å². The number of rotatable bonds is 7. The highest BCUT2D eigenvalue weighted by Crippen LogP contribution is 2.07. The summed E-state index contributed by atoms with van der Waals surface area (Å²) >= 11 is 0. The van der Waals surface area contributed by atoms with Crippen molar-refractivity contribution in [2.75, 3.05) is 0 Å². The molecule has 104 valence electrons. The zero-order valence-electron chi connectivity index (χ0n) is 11.5. The minimum Gasteiger partial charge on any atom is -0.481 e. The second-order valence-corrected chi connectivity index (χ2v) is 4.75. The molecular weight excluding hydrogens is 242 g/mol. The summed E-state index contributed by atoms with van der Waals surface area (Å²) in [7, 11) is 0. The lowest BCUT2D eigenvalue weighted by atomic mass is 10.1. The van der Waals surface area contributed by atoms with Crippen LogP contribution < -0.4 is 5.32 Å². The van der Waals surface area contributed by atoms with E-state index in [0.29, 0.717) is 12.8 Å². The van der Waals surface area contributed by atoms with E-state index < -0.39 is 5.97 Å². The first-order chi connectivity index (χ1) is 9.01. The first-order valence-electron chi connectivity index (χ1n) is 6.60. The molecule has 0 heterocycles. The first kappa shape index (κ1) is 15.2. The normalized spacial score (nSPS) is 11.9. The fraction of sp³-hybridized carbons (Fsp3) is 0.467. The molecule has 1 rings (SSSR count). The zero-order chi connectivity index (χ0) is 14.3. The van der Waals surface area contributed by atoms with Crippen LogP contribution in [-0.2, 0) is 22.4 Å². The van der Waals surface area contributed by atoms with E-state index >= 15 is 0 Å². The van der Waals surface area contributed by atoms with Gasteiger partial charge in [0.1, 0.15) is 0 Å². The highest BCUT2D eigenvalue weighted by molar-refractivity contribution is 5.79. The van der Waals surface area contributed by atoms with E-state index in [1.165, 1.54) is 5.56 Å². The van der Waals surface area contributed by atoms with Gasteiger partial charge in [-0.15, -0.1) is 0 Å². The third-order valence-corrected chi connectivity index (χ3v) is 2.96. The lowest BCUT2D eigenvalue weighted by Crippen LogP contribution is -2.34. The largest absolute Gasteiger partial charge is 0.481 e. The maximum atomic E-state index is 11.8. The topological polar surface area (TPSA) is 66.4 Å². The standard InChI is InChI=1S/C15H21NO3/c1-3-12-5-4-6-13(9-12)10-14(17)16-11(2)7-8-15(18)19/h4-6,9,11H,3,7-8,10H2,1-2H3,(H,16,17)(H,18,19). The van der Waals surface area contributed by atoms with Crippen LogP contribution >= 0.6 is 0 Å². The van der Waals surface area contributed by atoms with Gasteiger partial charge in [0, 0.05) is 12.5 Å². The number of carboxylic acids is 1. The molecule has 0 bridgehead atoms. The van der Waals surface area contributed by atoms with Gasteiger partial charge in [0.15, 0.2) is 0 Å². The van der Waals surface area contributed by atoms with Crippen LogP contribution in [0, 0.1) is 0 Å². The van der Waals surface area contributed by atoms with E-state index in [1.54, 1.807) is 0 Å². The molecule has 0 fully saturated rings. The summed E-state index contributed by atoms with van der Waals surface area (Å²) in [6.07, 6.45) is 1.82. The van der Waals surface area contributed by atoms with Crippen LogP contribution in [0.4, 0.5) is 0 Å². The van der Waals surface area contributed by atoms with Crippen LogP contribution in [-0.4, -0.2) is 23.0 Å². The van der Waals surface area contributed by atoms with E-state index in [1.807, 2.05) is 31.2 Å². The highest BCUT2D eigenvalue weighted by atomic mass is 16.4. The molecule has 0 aliphatic rings. The molecular formula is C15H21NO3. The van der Waals surface area contributed by atoms with Gasteiger partial charge in [-0.2, -0.15) is 0 Å².